The number of methoxy groups -OCH3 is 2. The number of hydrogen-bond donors (Lipinski definition) is 1. The first-order chi connectivity index (χ1) is 9.78. The van der Waals surface area contributed by atoms with Crippen LogP contribution >= 0.6 is 0 Å². The third kappa shape index (κ3) is 3.64. The molecule has 1 aliphatic carbocycles. The summed E-state index contributed by atoms with van der Waals surface area (Å²) in [5, 5.41) is 3.31. The van der Waals surface area contributed by atoms with E-state index in [2.05, 4.69) is 5.32 Å². The van der Waals surface area contributed by atoms with Crippen LogP contribution in [0.5, 0.6) is 11.5 Å². The lowest BCUT2D eigenvalue weighted by Gasteiger charge is -2.22. The van der Waals surface area contributed by atoms with Crippen molar-refractivity contribution in [2.24, 2.45) is 0 Å². The summed E-state index contributed by atoms with van der Waals surface area (Å²) in [4.78, 5) is 0. The highest BCUT2D eigenvalue weighted by molar-refractivity contribution is 5.42. The molecule has 1 aliphatic rings. The van der Waals surface area contributed by atoms with Gasteiger partial charge in [0.25, 0.3) is 0 Å². The van der Waals surface area contributed by atoms with Crippen LogP contribution in [0.4, 0.5) is 0 Å². The summed E-state index contributed by atoms with van der Waals surface area (Å²) in [6.07, 6.45) is 5.37. The first kappa shape index (κ1) is 15.1. The van der Waals surface area contributed by atoms with Gasteiger partial charge in [-0.1, -0.05) is 12.8 Å². The van der Waals surface area contributed by atoms with E-state index in [9.17, 15) is 0 Å². The van der Waals surface area contributed by atoms with Gasteiger partial charge < -0.3 is 19.5 Å². The minimum atomic E-state index is 0.112. The van der Waals surface area contributed by atoms with Crippen LogP contribution in [0.3, 0.4) is 0 Å². The molecular formula is C16H25NO3. The van der Waals surface area contributed by atoms with E-state index in [0.29, 0.717) is 12.7 Å². The molecule has 0 saturated heterocycles. The van der Waals surface area contributed by atoms with Crippen molar-refractivity contribution in [2.45, 2.75) is 37.8 Å². The summed E-state index contributed by atoms with van der Waals surface area (Å²) < 4.78 is 16.8. The van der Waals surface area contributed by atoms with Crippen molar-refractivity contribution in [1.82, 2.24) is 5.32 Å². The smallest absolute Gasteiger partial charge is 0.123 e. The second-order valence-electron chi connectivity index (χ2n) is 5.19. The Bertz CT molecular complexity index is 416. The van der Waals surface area contributed by atoms with E-state index < -0.39 is 0 Å². The van der Waals surface area contributed by atoms with Crippen molar-refractivity contribution < 1.29 is 14.2 Å². The molecule has 4 nitrogen and oxygen atoms in total. The second-order valence-corrected chi connectivity index (χ2v) is 5.19. The zero-order valence-electron chi connectivity index (χ0n) is 12.6. The predicted molar refractivity (Wildman–Crippen MR) is 79.6 cm³/mol. The Kier molecular flexibility index (Phi) is 5.68. The van der Waals surface area contributed by atoms with Gasteiger partial charge in [-0.25, -0.2) is 0 Å². The molecule has 0 amide bonds. The largest absolute Gasteiger partial charge is 0.497 e. The van der Waals surface area contributed by atoms with Crippen LogP contribution in [0.15, 0.2) is 18.2 Å². The molecule has 0 bridgehead atoms. The summed E-state index contributed by atoms with van der Waals surface area (Å²) in [6.45, 7) is 0.657. The zero-order chi connectivity index (χ0) is 14.4. The minimum absolute atomic E-state index is 0.112. The van der Waals surface area contributed by atoms with Crippen LogP contribution < -0.4 is 14.8 Å². The molecule has 1 fully saturated rings. The maximum atomic E-state index is 6.02. The molecule has 0 spiro atoms. The zero-order valence-corrected chi connectivity index (χ0v) is 12.6. The molecule has 1 unspecified atom stereocenters. The number of hydrogen-bond acceptors (Lipinski definition) is 4. The fourth-order valence-corrected chi connectivity index (χ4v) is 2.73. The lowest BCUT2D eigenvalue weighted by molar-refractivity contribution is 0.0434. The van der Waals surface area contributed by atoms with Crippen molar-refractivity contribution >= 4 is 0 Å². The quantitative estimate of drug-likeness (QED) is 0.833. The molecule has 1 aromatic carbocycles. The van der Waals surface area contributed by atoms with E-state index in [0.717, 1.165) is 17.1 Å². The number of ether oxygens (including phenoxy) is 3. The highest BCUT2D eigenvalue weighted by atomic mass is 16.5. The highest BCUT2D eigenvalue weighted by Gasteiger charge is 2.20. The molecule has 112 valence electrons. The van der Waals surface area contributed by atoms with Crippen LogP contribution in [0.2, 0.25) is 0 Å². The van der Waals surface area contributed by atoms with Crippen LogP contribution in [-0.2, 0) is 4.74 Å². The van der Waals surface area contributed by atoms with Crippen LogP contribution in [0.25, 0.3) is 0 Å². The first-order valence-electron chi connectivity index (χ1n) is 7.29. The van der Waals surface area contributed by atoms with Gasteiger partial charge in [-0.2, -0.15) is 0 Å². The van der Waals surface area contributed by atoms with E-state index in [-0.39, 0.29) is 6.04 Å². The van der Waals surface area contributed by atoms with Gasteiger partial charge in [0.1, 0.15) is 11.5 Å². The maximum Gasteiger partial charge on any atom is 0.123 e. The Hall–Kier alpha value is -1.26. The SMILES string of the molecule is CNC(COC1CCCC1)c1cc(OC)ccc1OC. The Morgan fingerprint density at radius 3 is 2.55 bits per heavy atom. The Labute approximate surface area is 121 Å². The monoisotopic (exact) mass is 279 g/mol. The van der Waals surface area contributed by atoms with Crippen molar-refractivity contribution in [3.8, 4) is 11.5 Å². The normalized spacial score (nSPS) is 17.1. The van der Waals surface area contributed by atoms with Crippen molar-refractivity contribution in [2.75, 3.05) is 27.9 Å². The molecular weight excluding hydrogens is 254 g/mol. The van der Waals surface area contributed by atoms with Gasteiger partial charge in [0.05, 0.1) is 33.0 Å². The Balaban J connectivity index is 2.08. The molecule has 0 aromatic heterocycles. The fraction of sp³-hybridized carbons (Fsp3) is 0.625. The van der Waals surface area contributed by atoms with E-state index in [1.54, 1.807) is 14.2 Å². The van der Waals surface area contributed by atoms with Gasteiger partial charge in [0.15, 0.2) is 0 Å². The molecule has 1 saturated carbocycles. The molecule has 1 atom stereocenters. The molecule has 0 radical (unpaired) electrons. The van der Waals surface area contributed by atoms with Gasteiger partial charge in [-0.05, 0) is 38.1 Å². The fourth-order valence-electron chi connectivity index (χ4n) is 2.73. The lowest BCUT2D eigenvalue weighted by atomic mass is 10.1. The average molecular weight is 279 g/mol. The predicted octanol–water partition coefficient (Wildman–Crippen LogP) is 2.92. The maximum absolute atomic E-state index is 6.02. The van der Waals surface area contributed by atoms with E-state index >= 15 is 0 Å². The van der Waals surface area contributed by atoms with Gasteiger partial charge >= 0.3 is 0 Å². The molecule has 2 rings (SSSR count). The molecule has 1 N–H and O–H groups in total. The second kappa shape index (κ2) is 7.50. The van der Waals surface area contributed by atoms with Crippen molar-refractivity contribution in [1.29, 1.82) is 0 Å². The molecule has 4 heteroatoms. The third-order valence-corrected chi connectivity index (χ3v) is 3.96. The Morgan fingerprint density at radius 2 is 1.95 bits per heavy atom. The Morgan fingerprint density at radius 1 is 1.20 bits per heavy atom. The van der Waals surface area contributed by atoms with E-state index in [1.165, 1.54) is 25.7 Å². The summed E-state index contributed by atoms with van der Waals surface area (Å²) in [7, 11) is 5.31. The minimum Gasteiger partial charge on any atom is -0.497 e. The van der Waals surface area contributed by atoms with Gasteiger partial charge in [0.2, 0.25) is 0 Å². The van der Waals surface area contributed by atoms with Crippen molar-refractivity contribution in [3.05, 3.63) is 23.8 Å². The number of benzene rings is 1. The van der Waals surface area contributed by atoms with Gasteiger partial charge in [-0.15, -0.1) is 0 Å². The van der Waals surface area contributed by atoms with Gasteiger partial charge in [-0.3, -0.25) is 0 Å². The number of nitrogens with one attached hydrogen (secondary N) is 1. The lowest BCUT2D eigenvalue weighted by Crippen LogP contribution is -2.24. The van der Waals surface area contributed by atoms with E-state index in [4.69, 9.17) is 14.2 Å². The third-order valence-electron chi connectivity index (χ3n) is 3.96. The summed E-state index contributed by atoms with van der Waals surface area (Å²) in [6, 6.07) is 5.97. The number of rotatable bonds is 7. The van der Waals surface area contributed by atoms with Crippen LogP contribution in [0.1, 0.15) is 37.3 Å². The first-order valence-corrected chi connectivity index (χ1v) is 7.29. The molecule has 0 aliphatic heterocycles. The average Bonchev–Trinajstić information content (AvgIpc) is 3.01. The number of likely N-dealkylation sites (N-methyl/N-ethyl adjacent to an activating group) is 1. The molecule has 0 heterocycles. The van der Waals surface area contributed by atoms with Gasteiger partial charge in [0, 0.05) is 5.56 Å². The standard InChI is InChI=1S/C16H25NO3/c1-17-15(11-20-12-6-4-5-7-12)14-10-13(18-2)8-9-16(14)19-3/h8-10,12,15,17H,4-7,11H2,1-3H3. The van der Waals surface area contributed by atoms with Crippen molar-refractivity contribution in [3.63, 3.8) is 0 Å². The van der Waals surface area contributed by atoms with Crippen LogP contribution in [-0.4, -0.2) is 34.0 Å². The highest BCUT2D eigenvalue weighted by Crippen LogP contribution is 2.30. The molecule has 1 aromatic rings. The van der Waals surface area contributed by atoms with E-state index in [1.807, 2.05) is 25.2 Å². The molecule has 20 heavy (non-hydrogen) atoms. The summed E-state index contributed by atoms with van der Waals surface area (Å²) in [5.74, 6) is 1.70. The topological polar surface area (TPSA) is 39.7 Å². The summed E-state index contributed by atoms with van der Waals surface area (Å²) >= 11 is 0. The van der Waals surface area contributed by atoms with Crippen LogP contribution in [0, 0.1) is 0 Å². The summed E-state index contributed by atoms with van der Waals surface area (Å²) in [5.41, 5.74) is 1.08.